The Bertz CT molecular complexity index is 568. The number of para-hydroxylation sites is 1. The van der Waals surface area contributed by atoms with Crippen LogP contribution in [-0.2, 0) is 4.79 Å². The first kappa shape index (κ1) is 12.4. The molecule has 2 bridgehead atoms. The third-order valence-electron chi connectivity index (χ3n) is 6.48. The van der Waals surface area contributed by atoms with Crippen LogP contribution in [0.15, 0.2) is 30.3 Å². The summed E-state index contributed by atoms with van der Waals surface area (Å²) in [7, 11) is 2.08. The zero-order valence-corrected chi connectivity index (χ0v) is 12.5. The quantitative estimate of drug-likeness (QED) is 0.783. The van der Waals surface area contributed by atoms with Crippen molar-refractivity contribution in [3.05, 3.63) is 30.3 Å². The molecule has 3 fully saturated rings. The van der Waals surface area contributed by atoms with E-state index in [9.17, 15) is 4.79 Å². The van der Waals surface area contributed by atoms with Crippen molar-refractivity contribution in [3.63, 3.8) is 0 Å². The largest absolute Gasteiger partial charge is 0.272 e. The fraction of sp³-hybridized carbons (Fsp3) is 0.588. The number of carbonyl (C=O) groups is 1. The van der Waals surface area contributed by atoms with E-state index in [1.54, 1.807) is 0 Å². The molecule has 1 aromatic carbocycles. The molecular formula is C17H22N2O. The molecule has 1 spiro atoms. The van der Waals surface area contributed by atoms with E-state index in [-0.39, 0.29) is 10.8 Å². The zero-order chi connectivity index (χ0) is 14.1. The maximum atomic E-state index is 13.3. The van der Waals surface area contributed by atoms with E-state index >= 15 is 0 Å². The number of nitrogens with zero attached hydrogens (tertiary/aromatic N) is 2. The Kier molecular flexibility index (Phi) is 2.26. The van der Waals surface area contributed by atoms with Gasteiger partial charge in [0.15, 0.2) is 0 Å². The van der Waals surface area contributed by atoms with Gasteiger partial charge >= 0.3 is 0 Å². The van der Waals surface area contributed by atoms with Gasteiger partial charge in [-0.15, -0.1) is 0 Å². The molecule has 20 heavy (non-hydrogen) atoms. The van der Waals surface area contributed by atoms with Gasteiger partial charge in [0.25, 0.3) is 0 Å². The molecule has 1 aliphatic heterocycles. The van der Waals surface area contributed by atoms with Crippen molar-refractivity contribution in [2.24, 2.45) is 16.7 Å². The van der Waals surface area contributed by atoms with E-state index in [0.717, 1.165) is 12.1 Å². The summed E-state index contributed by atoms with van der Waals surface area (Å²) >= 11 is 0. The molecule has 3 nitrogen and oxygen atoms in total. The minimum atomic E-state index is -0.164. The average Bonchev–Trinajstić information content (AvgIpc) is 2.94. The number of rotatable bonds is 1. The van der Waals surface area contributed by atoms with Gasteiger partial charge in [-0.3, -0.25) is 4.79 Å². The Morgan fingerprint density at radius 3 is 2.50 bits per heavy atom. The van der Waals surface area contributed by atoms with Crippen LogP contribution in [0.1, 0.15) is 33.1 Å². The third kappa shape index (κ3) is 1.15. The summed E-state index contributed by atoms with van der Waals surface area (Å²) in [4.78, 5) is 13.3. The van der Waals surface area contributed by atoms with Crippen molar-refractivity contribution >= 4 is 11.6 Å². The van der Waals surface area contributed by atoms with Crippen molar-refractivity contribution in [3.8, 4) is 0 Å². The van der Waals surface area contributed by atoms with E-state index < -0.39 is 0 Å². The number of anilines is 1. The second-order valence-electron chi connectivity index (χ2n) is 7.21. The summed E-state index contributed by atoms with van der Waals surface area (Å²) in [5, 5.41) is 4.13. The van der Waals surface area contributed by atoms with Gasteiger partial charge in [-0.1, -0.05) is 32.0 Å². The molecule has 3 heteroatoms. The average molecular weight is 270 g/mol. The first-order valence-electron chi connectivity index (χ1n) is 7.62. The number of carbonyl (C=O) groups excluding carboxylic acids is 1. The molecular weight excluding hydrogens is 248 g/mol. The number of benzene rings is 1. The number of hydrogen-bond donors (Lipinski definition) is 0. The van der Waals surface area contributed by atoms with Crippen LogP contribution in [0.2, 0.25) is 0 Å². The first-order valence-corrected chi connectivity index (χ1v) is 7.62. The first-order chi connectivity index (χ1) is 9.50. The molecule has 0 aromatic heterocycles. The SMILES string of the molecule is CN1C2CC3CCC2(C(=O)N1c1ccccc1)C3(C)C. The van der Waals surface area contributed by atoms with Crippen LogP contribution in [0.5, 0.6) is 0 Å². The monoisotopic (exact) mass is 270 g/mol. The minimum absolute atomic E-state index is 0.131. The number of hydrazine groups is 1. The fourth-order valence-electron chi connectivity index (χ4n) is 5.27. The van der Waals surface area contributed by atoms with Gasteiger partial charge in [0.2, 0.25) is 5.91 Å². The van der Waals surface area contributed by atoms with Gasteiger partial charge in [-0.05, 0) is 42.7 Å². The summed E-state index contributed by atoms with van der Waals surface area (Å²) in [6.07, 6.45) is 3.44. The highest BCUT2D eigenvalue weighted by Crippen LogP contribution is 2.69. The topological polar surface area (TPSA) is 23.6 Å². The van der Waals surface area contributed by atoms with Gasteiger partial charge in [0.1, 0.15) is 0 Å². The summed E-state index contributed by atoms with van der Waals surface area (Å²) in [6, 6.07) is 10.5. The normalized spacial score (nSPS) is 38.5. The molecule has 1 amide bonds. The van der Waals surface area contributed by atoms with Gasteiger partial charge in [0, 0.05) is 13.1 Å². The lowest BCUT2D eigenvalue weighted by atomic mass is 9.67. The van der Waals surface area contributed by atoms with E-state index in [4.69, 9.17) is 0 Å². The van der Waals surface area contributed by atoms with Gasteiger partial charge < -0.3 is 0 Å². The summed E-state index contributed by atoms with van der Waals surface area (Å²) in [5.74, 6) is 1.03. The number of hydrogen-bond acceptors (Lipinski definition) is 2. The van der Waals surface area contributed by atoms with Gasteiger partial charge in [-0.25, -0.2) is 10.0 Å². The second-order valence-corrected chi connectivity index (χ2v) is 7.21. The van der Waals surface area contributed by atoms with Crippen LogP contribution >= 0.6 is 0 Å². The van der Waals surface area contributed by atoms with E-state index in [0.29, 0.717) is 17.9 Å². The standard InChI is InChI=1S/C17H22N2O/c1-16(2)12-9-10-17(16)14(11-12)18(3)19(15(17)20)13-7-5-4-6-8-13/h4-8,12,14H,9-11H2,1-3H3. The van der Waals surface area contributed by atoms with E-state index in [2.05, 4.69) is 25.9 Å². The van der Waals surface area contributed by atoms with Crippen LogP contribution in [0.4, 0.5) is 5.69 Å². The highest BCUT2D eigenvalue weighted by atomic mass is 16.2. The van der Waals surface area contributed by atoms with Crippen molar-refractivity contribution in [1.82, 2.24) is 5.01 Å². The fourth-order valence-corrected chi connectivity index (χ4v) is 5.27. The Morgan fingerprint density at radius 1 is 1.20 bits per heavy atom. The molecule has 106 valence electrons. The molecule has 0 radical (unpaired) electrons. The highest BCUT2D eigenvalue weighted by molar-refractivity contribution is 6.01. The Balaban J connectivity index is 1.83. The predicted octanol–water partition coefficient (Wildman–Crippen LogP) is 3.07. The van der Waals surface area contributed by atoms with Gasteiger partial charge in [0.05, 0.1) is 11.1 Å². The second kappa shape index (κ2) is 3.64. The number of amides is 1. The van der Waals surface area contributed by atoms with Gasteiger partial charge in [-0.2, -0.15) is 0 Å². The summed E-state index contributed by atoms with van der Waals surface area (Å²) in [6.45, 7) is 4.62. The molecule has 0 N–H and O–H groups in total. The van der Waals surface area contributed by atoms with Crippen molar-refractivity contribution in [2.75, 3.05) is 12.1 Å². The minimum Gasteiger partial charge on any atom is -0.272 e. The molecule has 2 aliphatic carbocycles. The summed E-state index contributed by atoms with van der Waals surface area (Å²) < 4.78 is 0. The maximum Gasteiger partial charge on any atom is 0.249 e. The Morgan fingerprint density at radius 2 is 1.90 bits per heavy atom. The number of fused-ring (bicyclic) bond motifs is 1. The van der Waals surface area contributed by atoms with Crippen molar-refractivity contribution < 1.29 is 4.79 Å². The van der Waals surface area contributed by atoms with Crippen molar-refractivity contribution in [1.29, 1.82) is 0 Å². The van der Waals surface area contributed by atoms with Crippen LogP contribution in [0, 0.1) is 16.7 Å². The third-order valence-corrected chi connectivity index (χ3v) is 6.48. The molecule has 1 heterocycles. The van der Waals surface area contributed by atoms with E-state index in [1.165, 1.54) is 12.8 Å². The lowest BCUT2D eigenvalue weighted by Gasteiger charge is -2.35. The molecule has 1 aromatic rings. The molecule has 3 unspecified atom stereocenters. The molecule has 3 aliphatic rings. The lowest BCUT2D eigenvalue weighted by molar-refractivity contribution is -0.129. The smallest absolute Gasteiger partial charge is 0.249 e. The Hall–Kier alpha value is -1.35. The zero-order valence-electron chi connectivity index (χ0n) is 12.5. The molecule has 2 saturated carbocycles. The van der Waals surface area contributed by atoms with Crippen LogP contribution < -0.4 is 5.01 Å². The highest BCUT2D eigenvalue weighted by Gasteiger charge is 2.73. The van der Waals surface area contributed by atoms with Crippen LogP contribution in [0.3, 0.4) is 0 Å². The van der Waals surface area contributed by atoms with E-state index in [1.807, 2.05) is 35.3 Å². The lowest BCUT2D eigenvalue weighted by Crippen LogP contribution is -2.43. The molecule has 1 saturated heterocycles. The van der Waals surface area contributed by atoms with Crippen molar-refractivity contribution in [2.45, 2.75) is 39.2 Å². The maximum absolute atomic E-state index is 13.3. The molecule has 3 atom stereocenters. The summed E-state index contributed by atoms with van der Waals surface area (Å²) in [5.41, 5.74) is 0.970. The predicted molar refractivity (Wildman–Crippen MR) is 79.0 cm³/mol. The molecule has 4 rings (SSSR count). The van der Waals surface area contributed by atoms with Crippen LogP contribution in [-0.4, -0.2) is 24.0 Å². The Labute approximate surface area is 120 Å². The van der Waals surface area contributed by atoms with Crippen LogP contribution in [0.25, 0.3) is 0 Å².